The number of nitrogens with two attached hydrogens (primary N) is 1. The van der Waals surface area contributed by atoms with Crippen LogP contribution in [0.3, 0.4) is 0 Å². The number of rotatable bonds is 5. The zero-order valence-corrected chi connectivity index (χ0v) is 15.5. The Hall–Kier alpha value is -0.980. The van der Waals surface area contributed by atoms with Crippen LogP contribution in [0.25, 0.3) is 0 Å². The Labute approximate surface area is 145 Å². The Kier molecular flexibility index (Phi) is 7.28. The summed E-state index contributed by atoms with van der Waals surface area (Å²) in [6.07, 6.45) is 1.13. The molecule has 0 saturated carbocycles. The molecule has 0 aliphatic carbocycles. The molecule has 0 fully saturated rings. The molecule has 0 bridgehead atoms. The average Bonchev–Trinajstić information content (AvgIpc) is 2.73. The number of benzene rings is 1. The van der Waals surface area contributed by atoms with E-state index in [4.69, 9.17) is 5.73 Å². The predicted molar refractivity (Wildman–Crippen MR) is 102 cm³/mol. The van der Waals surface area contributed by atoms with Gasteiger partial charge >= 0.3 is 0 Å². The smallest absolute Gasteiger partial charge is 0.188 e. The molecule has 4 nitrogen and oxygen atoms in total. The largest absolute Gasteiger partial charge is 0.370 e. The Bertz CT molecular complexity index is 473. The lowest BCUT2D eigenvalue weighted by atomic mass is 10.1. The third kappa shape index (κ3) is 5.05. The summed E-state index contributed by atoms with van der Waals surface area (Å²) in [7, 11) is 0. The Morgan fingerprint density at radius 1 is 1.43 bits per heavy atom. The molecule has 1 atom stereocenters. The summed E-state index contributed by atoms with van der Waals surface area (Å²) in [6, 6.07) is 9.20. The summed E-state index contributed by atoms with van der Waals surface area (Å²) in [5, 5.41) is 3.20. The van der Waals surface area contributed by atoms with Crippen molar-refractivity contribution in [2.45, 2.75) is 33.2 Å². The summed E-state index contributed by atoms with van der Waals surface area (Å²) >= 11 is 0. The highest BCUT2D eigenvalue weighted by Gasteiger charge is 2.24. The fraction of sp³-hybridized carbons (Fsp3) is 0.562. The van der Waals surface area contributed by atoms with Crippen molar-refractivity contribution in [3.63, 3.8) is 0 Å². The highest BCUT2D eigenvalue weighted by molar-refractivity contribution is 14.0. The lowest BCUT2D eigenvalue weighted by Crippen LogP contribution is -2.40. The van der Waals surface area contributed by atoms with Crippen LogP contribution in [0, 0.1) is 5.92 Å². The second-order valence-electron chi connectivity index (χ2n) is 5.92. The number of hydrogen-bond donors (Lipinski definition) is 2. The molecule has 3 N–H and O–H groups in total. The van der Waals surface area contributed by atoms with Gasteiger partial charge in [-0.3, -0.25) is 4.99 Å². The third-order valence-electron chi connectivity index (χ3n) is 3.63. The molecule has 0 saturated heterocycles. The molecular formula is C16H27IN4. The van der Waals surface area contributed by atoms with Gasteiger partial charge in [0, 0.05) is 31.4 Å². The van der Waals surface area contributed by atoms with Crippen molar-refractivity contribution >= 4 is 35.6 Å². The minimum Gasteiger partial charge on any atom is -0.370 e. The molecule has 5 heteroatoms. The van der Waals surface area contributed by atoms with Gasteiger partial charge in [0.25, 0.3) is 0 Å². The van der Waals surface area contributed by atoms with Gasteiger partial charge in [-0.15, -0.1) is 24.0 Å². The molecule has 0 spiro atoms. The highest BCUT2D eigenvalue weighted by Crippen LogP contribution is 2.30. The number of fused-ring (bicyclic) bond motifs is 1. The van der Waals surface area contributed by atoms with Crippen LogP contribution >= 0.6 is 24.0 Å². The minimum atomic E-state index is 0. The number of guanidine groups is 1. The average molecular weight is 402 g/mol. The molecule has 118 valence electrons. The SMILES string of the molecule is CC(C)CN=C(N)NCCN1c2ccccc2CC1C.I. The van der Waals surface area contributed by atoms with Gasteiger partial charge in [-0.1, -0.05) is 32.0 Å². The number of para-hydroxylation sites is 1. The lowest BCUT2D eigenvalue weighted by Gasteiger charge is -2.25. The van der Waals surface area contributed by atoms with E-state index in [2.05, 4.69) is 60.2 Å². The van der Waals surface area contributed by atoms with Crippen molar-refractivity contribution < 1.29 is 0 Å². The fourth-order valence-electron chi connectivity index (χ4n) is 2.61. The van der Waals surface area contributed by atoms with E-state index in [0.29, 0.717) is 17.9 Å². The Morgan fingerprint density at radius 3 is 2.86 bits per heavy atom. The molecule has 1 unspecified atom stereocenters. The monoisotopic (exact) mass is 402 g/mol. The van der Waals surface area contributed by atoms with E-state index in [1.807, 2.05) is 0 Å². The van der Waals surface area contributed by atoms with Gasteiger partial charge in [-0.25, -0.2) is 0 Å². The molecule has 1 aliphatic rings. The zero-order valence-electron chi connectivity index (χ0n) is 13.2. The number of aliphatic imine (C=N–C) groups is 1. The number of halogens is 1. The molecule has 1 aromatic carbocycles. The van der Waals surface area contributed by atoms with Crippen molar-refractivity contribution in [2.24, 2.45) is 16.6 Å². The first-order valence-corrected chi connectivity index (χ1v) is 7.46. The zero-order chi connectivity index (χ0) is 14.5. The third-order valence-corrected chi connectivity index (χ3v) is 3.63. The second-order valence-corrected chi connectivity index (χ2v) is 5.92. The summed E-state index contributed by atoms with van der Waals surface area (Å²) in [4.78, 5) is 6.76. The Balaban J connectivity index is 0.00000220. The lowest BCUT2D eigenvalue weighted by molar-refractivity contribution is 0.650. The van der Waals surface area contributed by atoms with E-state index < -0.39 is 0 Å². The molecule has 0 amide bonds. The quantitative estimate of drug-likeness (QED) is 0.452. The van der Waals surface area contributed by atoms with Crippen molar-refractivity contribution in [1.29, 1.82) is 0 Å². The first-order valence-electron chi connectivity index (χ1n) is 7.46. The molecule has 21 heavy (non-hydrogen) atoms. The van der Waals surface area contributed by atoms with Crippen LogP contribution in [0.2, 0.25) is 0 Å². The van der Waals surface area contributed by atoms with Gasteiger partial charge in [0.2, 0.25) is 0 Å². The van der Waals surface area contributed by atoms with Crippen LogP contribution in [0.5, 0.6) is 0 Å². The van der Waals surface area contributed by atoms with Gasteiger partial charge in [0.05, 0.1) is 0 Å². The molecule has 2 rings (SSSR count). The van der Waals surface area contributed by atoms with Gasteiger partial charge in [-0.2, -0.15) is 0 Å². The highest BCUT2D eigenvalue weighted by atomic mass is 127. The van der Waals surface area contributed by atoms with Crippen LogP contribution in [0.4, 0.5) is 5.69 Å². The van der Waals surface area contributed by atoms with Gasteiger partial charge in [0.1, 0.15) is 0 Å². The van der Waals surface area contributed by atoms with Crippen LogP contribution in [-0.4, -0.2) is 31.6 Å². The maximum absolute atomic E-state index is 5.86. The standard InChI is InChI=1S/C16H26N4.HI/c1-12(2)11-19-16(17)18-8-9-20-13(3)10-14-6-4-5-7-15(14)20;/h4-7,12-13H,8-11H2,1-3H3,(H3,17,18,19);1H. The number of hydrogen-bond acceptors (Lipinski definition) is 2. The maximum Gasteiger partial charge on any atom is 0.188 e. The normalized spacial score (nSPS) is 17.6. The molecule has 0 radical (unpaired) electrons. The van der Waals surface area contributed by atoms with E-state index in [9.17, 15) is 0 Å². The minimum absolute atomic E-state index is 0. The van der Waals surface area contributed by atoms with E-state index in [1.54, 1.807) is 0 Å². The molecular weight excluding hydrogens is 375 g/mol. The first-order chi connectivity index (χ1) is 9.58. The van der Waals surface area contributed by atoms with Crippen molar-refractivity contribution in [3.05, 3.63) is 29.8 Å². The fourth-order valence-corrected chi connectivity index (χ4v) is 2.61. The number of nitrogens with zero attached hydrogens (tertiary/aromatic N) is 2. The van der Waals surface area contributed by atoms with Gasteiger partial charge in [-0.05, 0) is 30.9 Å². The first kappa shape index (κ1) is 18.1. The van der Waals surface area contributed by atoms with E-state index in [0.717, 1.165) is 26.1 Å². The van der Waals surface area contributed by atoms with Crippen LogP contribution in [-0.2, 0) is 6.42 Å². The molecule has 1 aromatic rings. The van der Waals surface area contributed by atoms with Crippen molar-refractivity contribution in [2.75, 3.05) is 24.5 Å². The summed E-state index contributed by atoms with van der Waals surface area (Å²) < 4.78 is 0. The van der Waals surface area contributed by atoms with Crippen molar-refractivity contribution in [3.8, 4) is 0 Å². The van der Waals surface area contributed by atoms with E-state index in [-0.39, 0.29) is 24.0 Å². The second kappa shape index (κ2) is 8.46. The summed E-state index contributed by atoms with van der Waals surface area (Å²) in [5.74, 6) is 1.10. The van der Waals surface area contributed by atoms with Gasteiger partial charge in [0.15, 0.2) is 5.96 Å². The van der Waals surface area contributed by atoms with Crippen LogP contribution < -0.4 is 16.0 Å². The van der Waals surface area contributed by atoms with Crippen LogP contribution in [0.15, 0.2) is 29.3 Å². The van der Waals surface area contributed by atoms with E-state index >= 15 is 0 Å². The summed E-state index contributed by atoms with van der Waals surface area (Å²) in [5.41, 5.74) is 8.66. The van der Waals surface area contributed by atoms with E-state index in [1.165, 1.54) is 11.3 Å². The molecule has 1 aliphatic heterocycles. The molecule has 1 heterocycles. The number of anilines is 1. The van der Waals surface area contributed by atoms with Crippen LogP contribution in [0.1, 0.15) is 26.3 Å². The predicted octanol–water partition coefficient (Wildman–Crippen LogP) is 2.62. The topological polar surface area (TPSA) is 53.6 Å². The summed E-state index contributed by atoms with van der Waals surface area (Å²) in [6.45, 7) is 9.11. The number of nitrogens with one attached hydrogen (secondary N) is 1. The Morgan fingerprint density at radius 2 is 2.14 bits per heavy atom. The van der Waals surface area contributed by atoms with Gasteiger partial charge < -0.3 is 16.0 Å². The molecule has 0 aromatic heterocycles. The maximum atomic E-state index is 5.86. The van der Waals surface area contributed by atoms with Crippen molar-refractivity contribution in [1.82, 2.24) is 5.32 Å².